The third-order valence-electron chi connectivity index (χ3n) is 13.7. The maximum Gasteiger partial charge on any atom is 0.230 e. The number of nitrogens with one attached hydrogen (secondary N) is 2. The molecular formula is C35H55N3O5. The molecular weight excluding hydrogens is 542 g/mol. The number of carbonyl (C=O) groups excluding carboxylic acids is 2. The predicted octanol–water partition coefficient (Wildman–Crippen LogP) is 4.63. The molecule has 7 aliphatic rings. The highest BCUT2D eigenvalue weighted by Crippen LogP contribution is 2.70. The lowest BCUT2D eigenvalue weighted by molar-refractivity contribution is -0.272. The highest BCUT2D eigenvalue weighted by Gasteiger charge is 2.68. The number of nitrogens with zero attached hydrogens (tertiary/aromatic N) is 1. The van der Waals surface area contributed by atoms with Gasteiger partial charge in [0.25, 0.3) is 0 Å². The average Bonchev–Trinajstić information content (AvgIpc) is 3.44. The van der Waals surface area contributed by atoms with Crippen LogP contribution in [0.1, 0.15) is 91.9 Å². The van der Waals surface area contributed by atoms with E-state index >= 15 is 0 Å². The summed E-state index contributed by atoms with van der Waals surface area (Å²) in [6.45, 7) is 14.2. The minimum atomic E-state index is -0.343. The fraction of sp³-hybridized carbons (Fsp3) is 0.886. The molecule has 3 heterocycles. The molecule has 3 saturated heterocycles. The number of ether oxygens (including phenoxy) is 3. The largest absolute Gasteiger partial charge is 0.379 e. The van der Waals surface area contributed by atoms with Crippen LogP contribution in [0.15, 0.2) is 11.6 Å². The minimum Gasteiger partial charge on any atom is -0.379 e. The highest BCUT2D eigenvalue weighted by molar-refractivity contribution is 5.96. The standard InChI is InChI=1S/C35H55N3O5/c1-22-7-12-35(42-20-22)23(2)32-29(43-35)18-28-26-6-5-24-17-25(8-10-33(24,3)27(26)9-11-34(28,32)4)37-31(40)19-30(39)36-21-38-13-15-41-16-14-38/h5,22-23,25-29,32H,6-21H2,1-4H3,(H,36,39)(H,37,40)/t22-,23+,25+,26-,27+,28+,29+,32+,33+,34+,35-/m1/s1. The molecule has 0 aromatic heterocycles. The second-order valence-corrected chi connectivity index (χ2v) is 15.9. The summed E-state index contributed by atoms with van der Waals surface area (Å²) in [6, 6.07) is 0.124. The van der Waals surface area contributed by atoms with Crippen molar-refractivity contribution in [3.63, 3.8) is 0 Å². The van der Waals surface area contributed by atoms with Crippen molar-refractivity contribution in [1.29, 1.82) is 0 Å². The summed E-state index contributed by atoms with van der Waals surface area (Å²) in [5.41, 5.74) is 2.10. The van der Waals surface area contributed by atoms with Gasteiger partial charge < -0.3 is 24.8 Å². The first-order chi connectivity index (χ1) is 20.6. The van der Waals surface area contributed by atoms with Crippen LogP contribution in [0.25, 0.3) is 0 Å². The van der Waals surface area contributed by atoms with E-state index in [4.69, 9.17) is 14.2 Å². The SMILES string of the molecule is C[C@@H]1CC[C@@]2(OC1)O[C@H]1C[C@H]3[C@@H]4CC=C5C[C@@H](NC(=O)CC(=O)NCN6CCOCC6)CC[C@]5(C)[C@H]4CC[C@]3(C)[C@H]1[C@@H]2C. The molecule has 3 saturated carbocycles. The summed E-state index contributed by atoms with van der Waals surface area (Å²) in [6.07, 6.45) is 13.0. The zero-order valence-corrected chi connectivity index (χ0v) is 27.0. The first-order valence-corrected chi connectivity index (χ1v) is 17.5. The van der Waals surface area contributed by atoms with E-state index in [-0.39, 0.29) is 35.5 Å². The Morgan fingerprint density at radius 2 is 1.84 bits per heavy atom. The Labute approximate surface area is 258 Å². The molecule has 1 spiro atoms. The van der Waals surface area contributed by atoms with Gasteiger partial charge in [-0.3, -0.25) is 14.5 Å². The van der Waals surface area contributed by atoms with Gasteiger partial charge in [0, 0.05) is 31.5 Å². The van der Waals surface area contributed by atoms with Gasteiger partial charge in [0.05, 0.1) is 32.6 Å². The number of carbonyl (C=O) groups is 2. The second kappa shape index (κ2) is 11.4. The third kappa shape index (κ3) is 5.20. The number of fused-ring (bicyclic) bond motifs is 7. The number of rotatable bonds is 5. The summed E-state index contributed by atoms with van der Waals surface area (Å²) >= 11 is 0. The molecule has 11 atom stereocenters. The van der Waals surface area contributed by atoms with Crippen molar-refractivity contribution >= 4 is 11.8 Å². The molecule has 240 valence electrons. The van der Waals surface area contributed by atoms with E-state index in [2.05, 4.69) is 49.3 Å². The topological polar surface area (TPSA) is 89.1 Å². The van der Waals surface area contributed by atoms with Crippen LogP contribution in [-0.2, 0) is 23.8 Å². The highest BCUT2D eigenvalue weighted by atomic mass is 16.7. The zero-order chi connectivity index (χ0) is 30.0. The lowest BCUT2D eigenvalue weighted by atomic mass is 9.46. The van der Waals surface area contributed by atoms with Crippen molar-refractivity contribution in [2.45, 2.75) is 110 Å². The van der Waals surface area contributed by atoms with E-state index < -0.39 is 0 Å². The van der Waals surface area contributed by atoms with Crippen molar-refractivity contribution in [3.8, 4) is 0 Å². The molecule has 4 aliphatic carbocycles. The van der Waals surface area contributed by atoms with E-state index in [0.29, 0.717) is 61.0 Å². The van der Waals surface area contributed by atoms with Gasteiger partial charge in [-0.2, -0.15) is 0 Å². The van der Waals surface area contributed by atoms with Gasteiger partial charge in [-0.1, -0.05) is 39.3 Å². The van der Waals surface area contributed by atoms with Crippen molar-refractivity contribution in [2.75, 3.05) is 39.6 Å². The van der Waals surface area contributed by atoms with Crippen LogP contribution in [0.2, 0.25) is 0 Å². The van der Waals surface area contributed by atoms with Gasteiger partial charge in [0.2, 0.25) is 11.8 Å². The van der Waals surface area contributed by atoms with Crippen LogP contribution < -0.4 is 10.6 Å². The molecule has 3 aliphatic heterocycles. The second-order valence-electron chi connectivity index (χ2n) is 15.9. The lowest BCUT2D eigenvalue weighted by Crippen LogP contribution is -2.53. The Morgan fingerprint density at radius 1 is 1.02 bits per heavy atom. The first-order valence-electron chi connectivity index (χ1n) is 17.5. The summed E-state index contributed by atoms with van der Waals surface area (Å²) in [7, 11) is 0. The Hall–Kier alpha value is -1.48. The quantitative estimate of drug-likeness (QED) is 0.355. The maximum absolute atomic E-state index is 12.8. The maximum atomic E-state index is 12.8. The van der Waals surface area contributed by atoms with Gasteiger partial charge in [-0.05, 0) is 91.8 Å². The molecule has 8 nitrogen and oxygen atoms in total. The van der Waals surface area contributed by atoms with Crippen LogP contribution in [0.5, 0.6) is 0 Å². The minimum absolute atomic E-state index is 0.101. The molecule has 0 aromatic rings. The molecule has 2 N–H and O–H groups in total. The van der Waals surface area contributed by atoms with E-state index in [0.717, 1.165) is 57.7 Å². The Balaban J connectivity index is 0.962. The van der Waals surface area contributed by atoms with Crippen LogP contribution in [0.4, 0.5) is 0 Å². The summed E-state index contributed by atoms with van der Waals surface area (Å²) < 4.78 is 18.8. The van der Waals surface area contributed by atoms with Crippen molar-refractivity contribution in [2.24, 2.45) is 46.3 Å². The smallest absolute Gasteiger partial charge is 0.230 e. The number of hydrogen-bond donors (Lipinski definition) is 2. The van der Waals surface area contributed by atoms with Gasteiger partial charge in [-0.25, -0.2) is 0 Å². The zero-order valence-electron chi connectivity index (χ0n) is 27.0. The predicted molar refractivity (Wildman–Crippen MR) is 164 cm³/mol. The molecule has 6 fully saturated rings. The molecule has 7 rings (SSSR count). The summed E-state index contributed by atoms with van der Waals surface area (Å²) in [5.74, 6) is 3.14. The van der Waals surface area contributed by atoms with E-state index in [1.54, 1.807) is 5.57 Å². The monoisotopic (exact) mass is 597 g/mol. The first kappa shape index (κ1) is 30.2. The molecule has 0 radical (unpaired) electrons. The fourth-order valence-electron chi connectivity index (χ4n) is 11.2. The molecule has 0 bridgehead atoms. The van der Waals surface area contributed by atoms with Gasteiger partial charge in [0.15, 0.2) is 5.79 Å². The number of hydrogen-bond acceptors (Lipinski definition) is 6. The number of allylic oxidation sites excluding steroid dienone is 1. The van der Waals surface area contributed by atoms with E-state index in [1.807, 2.05) is 0 Å². The lowest BCUT2D eigenvalue weighted by Gasteiger charge is -2.58. The van der Waals surface area contributed by atoms with Crippen LogP contribution >= 0.6 is 0 Å². The molecule has 8 heteroatoms. The molecule has 43 heavy (non-hydrogen) atoms. The van der Waals surface area contributed by atoms with Crippen molar-refractivity contribution < 1.29 is 23.8 Å². The van der Waals surface area contributed by atoms with Crippen molar-refractivity contribution in [3.05, 3.63) is 11.6 Å². The Morgan fingerprint density at radius 3 is 2.60 bits per heavy atom. The normalized spacial score (nSPS) is 47.6. The molecule has 0 unspecified atom stereocenters. The van der Waals surface area contributed by atoms with Gasteiger partial charge >= 0.3 is 0 Å². The Bertz CT molecular complexity index is 1110. The van der Waals surface area contributed by atoms with E-state index in [1.165, 1.54) is 25.7 Å². The third-order valence-corrected chi connectivity index (χ3v) is 13.7. The van der Waals surface area contributed by atoms with Crippen LogP contribution in [0, 0.1) is 46.3 Å². The molecule has 0 aromatic carbocycles. The Kier molecular flexibility index (Phi) is 8.00. The van der Waals surface area contributed by atoms with Crippen molar-refractivity contribution in [1.82, 2.24) is 15.5 Å². The molecule has 2 amide bonds. The summed E-state index contributed by atoms with van der Waals surface area (Å²) in [4.78, 5) is 27.4. The van der Waals surface area contributed by atoms with Gasteiger partial charge in [0.1, 0.15) is 6.42 Å². The number of amides is 2. The van der Waals surface area contributed by atoms with Crippen LogP contribution in [-0.4, -0.2) is 74.2 Å². The van der Waals surface area contributed by atoms with Gasteiger partial charge in [-0.15, -0.1) is 0 Å². The van der Waals surface area contributed by atoms with E-state index in [9.17, 15) is 9.59 Å². The summed E-state index contributed by atoms with van der Waals surface area (Å²) in [5, 5.41) is 6.12. The number of morpholine rings is 1. The average molecular weight is 598 g/mol. The fourth-order valence-corrected chi connectivity index (χ4v) is 11.2. The van der Waals surface area contributed by atoms with Crippen LogP contribution in [0.3, 0.4) is 0 Å².